The second kappa shape index (κ2) is 3.70. The Labute approximate surface area is 88.8 Å². The summed E-state index contributed by atoms with van der Waals surface area (Å²) in [5, 5.41) is 0.706. The second-order valence-electron chi connectivity index (χ2n) is 3.67. The summed E-state index contributed by atoms with van der Waals surface area (Å²) in [5.41, 5.74) is 1.12. The summed E-state index contributed by atoms with van der Waals surface area (Å²) in [6.45, 7) is 5.45. The molecule has 0 saturated heterocycles. The average Bonchev–Trinajstić information content (AvgIpc) is 2.16. The van der Waals surface area contributed by atoms with Gasteiger partial charge in [0, 0.05) is 16.7 Å². The quantitative estimate of drug-likeness (QED) is 0.712. The molecule has 0 unspecified atom stereocenters. The predicted molar refractivity (Wildman–Crippen MR) is 56.5 cm³/mol. The maximum Gasteiger partial charge on any atom is 0.164 e. The third-order valence-corrected chi connectivity index (χ3v) is 2.48. The number of rotatable bonds is 1. The van der Waals surface area contributed by atoms with Gasteiger partial charge in [-0.1, -0.05) is 25.4 Å². The Bertz CT molecular complexity index is 347. The maximum atomic E-state index is 5.99. The van der Waals surface area contributed by atoms with Crippen molar-refractivity contribution in [3.05, 3.63) is 22.7 Å². The van der Waals surface area contributed by atoms with Crippen LogP contribution in [0.3, 0.4) is 0 Å². The van der Waals surface area contributed by atoms with E-state index in [1.165, 1.54) is 0 Å². The van der Waals surface area contributed by atoms with Crippen molar-refractivity contribution < 1.29 is 9.47 Å². The van der Waals surface area contributed by atoms with E-state index in [0.717, 1.165) is 17.1 Å². The van der Waals surface area contributed by atoms with Crippen LogP contribution in [-0.2, 0) is 0 Å². The molecule has 0 radical (unpaired) electrons. The zero-order valence-corrected chi connectivity index (χ0v) is 9.10. The molecule has 0 aliphatic carbocycles. The molecule has 2 rings (SSSR count). The van der Waals surface area contributed by atoms with Crippen molar-refractivity contribution in [2.75, 3.05) is 13.2 Å². The van der Waals surface area contributed by atoms with Crippen molar-refractivity contribution in [2.45, 2.75) is 19.8 Å². The molecular formula is C11H13ClO2. The van der Waals surface area contributed by atoms with Crippen LogP contribution in [0.4, 0.5) is 0 Å². The van der Waals surface area contributed by atoms with Crippen molar-refractivity contribution in [2.24, 2.45) is 0 Å². The van der Waals surface area contributed by atoms with Gasteiger partial charge in [0.25, 0.3) is 0 Å². The average molecular weight is 213 g/mol. The van der Waals surface area contributed by atoms with Crippen molar-refractivity contribution in [3.8, 4) is 11.5 Å². The molecule has 0 amide bonds. The lowest BCUT2D eigenvalue weighted by Crippen LogP contribution is -2.16. The van der Waals surface area contributed by atoms with E-state index in [1.807, 2.05) is 12.1 Å². The first-order chi connectivity index (χ1) is 6.68. The summed E-state index contributed by atoms with van der Waals surface area (Å²) < 4.78 is 11.1. The normalized spacial score (nSPS) is 14.6. The SMILES string of the molecule is CC(C)c1cc(Cl)cc2c1OCCO2. The smallest absolute Gasteiger partial charge is 0.164 e. The summed E-state index contributed by atoms with van der Waals surface area (Å²) in [5.74, 6) is 2.02. The van der Waals surface area contributed by atoms with Crippen LogP contribution in [0.5, 0.6) is 11.5 Å². The molecule has 0 aromatic heterocycles. The molecule has 1 aromatic rings. The third kappa shape index (κ3) is 1.67. The number of fused-ring (bicyclic) bond motifs is 1. The molecule has 1 heterocycles. The van der Waals surface area contributed by atoms with Crippen molar-refractivity contribution in [3.63, 3.8) is 0 Å². The molecule has 1 aromatic carbocycles. The first-order valence-electron chi connectivity index (χ1n) is 4.77. The molecule has 76 valence electrons. The molecule has 0 atom stereocenters. The highest BCUT2D eigenvalue weighted by molar-refractivity contribution is 6.30. The molecule has 3 heteroatoms. The van der Waals surface area contributed by atoms with E-state index in [4.69, 9.17) is 21.1 Å². The van der Waals surface area contributed by atoms with Gasteiger partial charge in [-0.3, -0.25) is 0 Å². The molecule has 14 heavy (non-hydrogen) atoms. The number of halogens is 1. The molecule has 0 saturated carbocycles. The Balaban J connectivity index is 2.52. The number of hydrogen-bond donors (Lipinski definition) is 0. The molecule has 1 aliphatic heterocycles. The lowest BCUT2D eigenvalue weighted by molar-refractivity contribution is 0.169. The van der Waals surface area contributed by atoms with E-state index < -0.39 is 0 Å². The molecule has 0 bridgehead atoms. The molecule has 0 spiro atoms. The van der Waals surface area contributed by atoms with E-state index in [0.29, 0.717) is 24.2 Å². The van der Waals surface area contributed by atoms with E-state index in [2.05, 4.69) is 13.8 Å². The zero-order chi connectivity index (χ0) is 10.1. The minimum absolute atomic E-state index is 0.393. The Morgan fingerprint density at radius 3 is 2.64 bits per heavy atom. The van der Waals surface area contributed by atoms with Crippen LogP contribution in [0.15, 0.2) is 12.1 Å². The van der Waals surface area contributed by atoms with Gasteiger partial charge < -0.3 is 9.47 Å². The van der Waals surface area contributed by atoms with Gasteiger partial charge >= 0.3 is 0 Å². The highest BCUT2D eigenvalue weighted by Crippen LogP contribution is 2.40. The molecule has 1 aliphatic rings. The van der Waals surface area contributed by atoms with E-state index >= 15 is 0 Å². The van der Waals surface area contributed by atoms with E-state index in [1.54, 1.807) is 0 Å². The van der Waals surface area contributed by atoms with Gasteiger partial charge in [0.15, 0.2) is 11.5 Å². The summed E-state index contributed by atoms with van der Waals surface area (Å²) in [6, 6.07) is 3.75. The minimum atomic E-state index is 0.393. The third-order valence-electron chi connectivity index (χ3n) is 2.26. The summed E-state index contributed by atoms with van der Waals surface area (Å²) in [4.78, 5) is 0. The molecule has 2 nitrogen and oxygen atoms in total. The Morgan fingerprint density at radius 1 is 1.21 bits per heavy atom. The number of hydrogen-bond acceptors (Lipinski definition) is 2. The van der Waals surface area contributed by atoms with Crippen molar-refractivity contribution >= 4 is 11.6 Å². The molecule has 0 fully saturated rings. The first-order valence-corrected chi connectivity index (χ1v) is 5.15. The highest BCUT2D eigenvalue weighted by atomic mass is 35.5. The molecule has 0 N–H and O–H groups in total. The van der Waals surface area contributed by atoms with Crippen LogP contribution < -0.4 is 9.47 Å². The van der Waals surface area contributed by atoms with Gasteiger partial charge in [-0.25, -0.2) is 0 Å². The Hall–Kier alpha value is -0.890. The lowest BCUT2D eigenvalue weighted by atomic mass is 10.0. The van der Waals surface area contributed by atoms with E-state index in [-0.39, 0.29) is 0 Å². The van der Waals surface area contributed by atoms with Crippen LogP contribution in [0.25, 0.3) is 0 Å². The lowest BCUT2D eigenvalue weighted by Gasteiger charge is -2.22. The fourth-order valence-corrected chi connectivity index (χ4v) is 1.79. The monoisotopic (exact) mass is 212 g/mol. The highest BCUT2D eigenvalue weighted by Gasteiger charge is 2.18. The van der Waals surface area contributed by atoms with Crippen LogP contribution >= 0.6 is 11.6 Å². The molecular weight excluding hydrogens is 200 g/mol. The number of benzene rings is 1. The van der Waals surface area contributed by atoms with Crippen molar-refractivity contribution in [1.82, 2.24) is 0 Å². The Morgan fingerprint density at radius 2 is 1.93 bits per heavy atom. The van der Waals surface area contributed by atoms with Gasteiger partial charge in [-0.05, 0) is 12.0 Å². The van der Waals surface area contributed by atoms with Crippen LogP contribution in [0.2, 0.25) is 5.02 Å². The van der Waals surface area contributed by atoms with Gasteiger partial charge in [-0.2, -0.15) is 0 Å². The second-order valence-corrected chi connectivity index (χ2v) is 4.11. The topological polar surface area (TPSA) is 18.5 Å². The summed E-state index contributed by atoms with van der Waals surface area (Å²) >= 11 is 5.99. The summed E-state index contributed by atoms with van der Waals surface area (Å²) in [7, 11) is 0. The largest absolute Gasteiger partial charge is 0.486 e. The van der Waals surface area contributed by atoms with Crippen LogP contribution in [0.1, 0.15) is 25.3 Å². The van der Waals surface area contributed by atoms with Crippen LogP contribution in [-0.4, -0.2) is 13.2 Å². The van der Waals surface area contributed by atoms with Gasteiger partial charge in [0.1, 0.15) is 13.2 Å². The summed E-state index contributed by atoms with van der Waals surface area (Å²) in [6.07, 6.45) is 0. The zero-order valence-electron chi connectivity index (χ0n) is 8.34. The van der Waals surface area contributed by atoms with E-state index in [9.17, 15) is 0 Å². The fourth-order valence-electron chi connectivity index (χ4n) is 1.57. The standard InChI is InChI=1S/C11H13ClO2/c1-7(2)9-5-8(12)6-10-11(9)14-4-3-13-10/h5-7H,3-4H2,1-2H3. The minimum Gasteiger partial charge on any atom is -0.486 e. The predicted octanol–water partition coefficient (Wildman–Crippen LogP) is 3.23. The van der Waals surface area contributed by atoms with Gasteiger partial charge in [0.05, 0.1) is 0 Å². The fraction of sp³-hybridized carbons (Fsp3) is 0.455. The first kappa shape index (κ1) is 9.66. The Kier molecular flexibility index (Phi) is 2.55. The van der Waals surface area contributed by atoms with Gasteiger partial charge in [-0.15, -0.1) is 0 Å². The maximum absolute atomic E-state index is 5.99. The van der Waals surface area contributed by atoms with Crippen molar-refractivity contribution in [1.29, 1.82) is 0 Å². The van der Waals surface area contributed by atoms with Gasteiger partial charge in [0.2, 0.25) is 0 Å². The number of ether oxygens (including phenoxy) is 2. The van der Waals surface area contributed by atoms with Crippen LogP contribution in [0, 0.1) is 0 Å².